The summed E-state index contributed by atoms with van der Waals surface area (Å²) >= 11 is 1.62. The molecule has 3 heterocycles. The Morgan fingerprint density at radius 1 is 1.21 bits per heavy atom. The summed E-state index contributed by atoms with van der Waals surface area (Å²) in [5, 5.41) is 13.4. The van der Waals surface area contributed by atoms with Gasteiger partial charge in [-0.25, -0.2) is 0 Å². The van der Waals surface area contributed by atoms with Crippen molar-refractivity contribution in [2.45, 2.75) is 50.5 Å². The van der Waals surface area contributed by atoms with Crippen molar-refractivity contribution in [3.8, 4) is 0 Å². The molecular weight excluding hydrogens is 324 g/mol. The first kappa shape index (κ1) is 16.1. The molecule has 1 spiro atoms. The molecular formula is C18H24N2O3S. The van der Waals surface area contributed by atoms with Gasteiger partial charge in [-0.2, -0.15) is 11.3 Å². The van der Waals surface area contributed by atoms with Crippen molar-refractivity contribution in [3.63, 3.8) is 0 Å². The summed E-state index contributed by atoms with van der Waals surface area (Å²) in [6, 6.07) is 2.01. The number of likely N-dealkylation sites (tertiary alicyclic amines) is 1. The van der Waals surface area contributed by atoms with Crippen LogP contribution in [0, 0.1) is 5.41 Å². The summed E-state index contributed by atoms with van der Waals surface area (Å²) in [5.41, 5.74) is 0.513. The van der Waals surface area contributed by atoms with Gasteiger partial charge in [0.2, 0.25) is 5.91 Å². The van der Waals surface area contributed by atoms with E-state index < -0.39 is 5.97 Å². The topological polar surface area (TPSA) is 60.9 Å². The quantitative estimate of drug-likeness (QED) is 0.909. The number of anilines is 1. The van der Waals surface area contributed by atoms with Crippen LogP contribution in [-0.2, 0) is 9.59 Å². The first-order valence-electron chi connectivity index (χ1n) is 8.86. The Balaban J connectivity index is 1.54. The van der Waals surface area contributed by atoms with Crippen molar-refractivity contribution in [1.29, 1.82) is 0 Å². The maximum atomic E-state index is 13.2. The van der Waals surface area contributed by atoms with Crippen molar-refractivity contribution < 1.29 is 14.7 Å². The number of hydrogen-bond donors (Lipinski definition) is 1. The maximum absolute atomic E-state index is 13.2. The number of carbonyl (C=O) groups is 2. The van der Waals surface area contributed by atoms with Crippen LogP contribution in [0.15, 0.2) is 16.8 Å². The number of nitrogens with zero attached hydrogens (tertiary/aromatic N) is 2. The lowest BCUT2D eigenvalue weighted by atomic mass is 9.69. The zero-order valence-electron chi connectivity index (χ0n) is 13.9. The molecule has 1 aromatic heterocycles. The fourth-order valence-corrected chi connectivity index (χ4v) is 5.51. The molecule has 1 atom stereocenters. The molecule has 1 N–H and O–H groups in total. The van der Waals surface area contributed by atoms with Crippen molar-refractivity contribution in [3.05, 3.63) is 16.8 Å². The molecule has 5 nitrogen and oxygen atoms in total. The van der Waals surface area contributed by atoms with Gasteiger partial charge in [0, 0.05) is 24.0 Å². The molecule has 6 heteroatoms. The van der Waals surface area contributed by atoms with E-state index in [9.17, 15) is 14.7 Å². The second-order valence-electron chi connectivity index (χ2n) is 7.64. The zero-order chi connectivity index (χ0) is 16.8. The van der Waals surface area contributed by atoms with E-state index in [0.717, 1.165) is 63.8 Å². The van der Waals surface area contributed by atoms with Crippen LogP contribution in [0.2, 0.25) is 0 Å². The standard InChI is InChI=1S/C18H24N2O3S/c21-15(22)11-18(5-1-6-18)19-8-2-4-17(13-19)7-9-20(16(17)23)14-3-10-24-12-14/h3,10,12H,1-2,4-9,11,13H2,(H,21,22). The van der Waals surface area contributed by atoms with Gasteiger partial charge in [-0.1, -0.05) is 0 Å². The minimum Gasteiger partial charge on any atom is -0.481 e. The molecule has 130 valence electrons. The van der Waals surface area contributed by atoms with E-state index >= 15 is 0 Å². The molecule has 1 unspecified atom stereocenters. The summed E-state index contributed by atoms with van der Waals surface area (Å²) in [6.07, 6.45) is 6.05. The smallest absolute Gasteiger partial charge is 0.305 e. The number of carbonyl (C=O) groups excluding carboxylic acids is 1. The Morgan fingerprint density at radius 3 is 2.67 bits per heavy atom. The molecule has 1 saturated carbocycles. The first-order chi connectivity index (χ1) is 11.5. The number of rotatable bonds is 4. The Kier molecular flexibility index (Phi) is 3.92. The lowest BCUT2D eigenvalue weighted by Crippen LogP contribution is -2.61. The van der Waals surface area contributed by atoms with Gasteiger partial charge in [0.1, 0.15) is 0 Å². The highest BCUT2D eigenvalue weighted by molar-refractivity contribution is 7.08. The Hall–Kier alpha value is -1.40. The second-order valence-corrected chi connectivity index (χ2v) is 8.42. The number of piperidine rings is 1. The Bertz CT molecular complexity index is 641. The molecule has 0 aromatic carbocycles. The van der Waals surface area contributed by atoms with E-state index in [1.54, 1.807) is 11.3 Å². The third-order valence-corrected chi connectivity index (χ3v) is 7.01. The lowest BCUT2D eigenvalue weighted by molar-refractivity contribution is -0.145. The SMILES string of the molecule is O=C(O)CC1(N2CCCC3(CCN(c4ccsc4)C3=O)C2)CCC1. The summed E-state index contributed by atoms with van der Waals surface area (Å²) in [6.45, 7) is 2.45. The van der Waals surface area contributed by atoms with Crippen LogP contribution in [0.3, 0.4) is 0 Å². The van der Waals surface area contributed by atoms with E-state index in [0.29, 0.717) is 0 Å². The highest BCUT2D eigenvalue weighted by Crippen LogP contribution is 2.48. The molecule has 0 radical (unpaired) electrons. The fourth-order valence-electron chi connectivity index (χ4n) is 4.86. The minimum atomic E-state index is -0.716. The van der Waals surface area contributed by atoms with Gasteiger partial charge in [-0.05, 0) is 56.5 Å². The Labute approximate surface area is 146 Å². The van der Waals surface area contributed by atoms with Gasteiger partial charge < -0.3 is 10.0 Å². The van der Waals surface area contributed by atoms with Crippen LogP contribution in [0.5, 0.6) is 0 Å². The molecule has 3 fully saturated rings. The highest BCUT2D eigenvalue weighted by Gasteiger charge is 2.54. The number of aliphatic carboxylic acids is 1. The summed E-state index contributed by atoms with van der Waals surface area (Å²) in [5.74, 6) is -0.470. The van der Waals surface area contributed by atoms with Crippen LogP contribution < -0.4 is 4.90 Å². The van der Waals surface area contributed by atoms with Gasteiger partial charge in [-0.3, -0.25) is 14.5 Å². The van der Waals surface area contributed by atoms with E-state index in [1.807, 2.05) is 21.7 Å². The fraction of sp³-hybridized carbons (Fsp3) is 0.667. The Morgan fingerprint density at radius 2 is 2.04 bits per heavy atom. The van der Waals surface area contributed by atoms with Gasteiger partial charge in [0.25, 0.3) is 0 Å². The number of carboxylic acid groups (broad SMARTS) is 1. The minimum absolute atomic E-state index is 0.199. The molecule has 1 amide bonds. The third kappa shape index (κ3) is 2.47. The summed E-state index contributed by atoms with van der Waals surface area (Å²) in [4.78, 5) is 28.8. The summed E-state index contributed by atoms with van der Waals surface area (Å²) < 4.78 is 0. The zero-order valence-corrected chi connectivity index (χ0v) is 14.7. The number of thiophene rings is 1. The summed E-state index contributed by atoms with van der Waals surface area (Å²) in [7, 11) is 0. The largest absolute Gasteiger partial charge is 0.481 e. The third-order valence-electron chi connectivity index (χ3n) is 6.34. The van der Waals surface area contributed by atoms with Gasteiger partial charge >= 0.3 is 5.97 Å². The van der Waals surface area contributed by atoms with Crippen LogP contribution >= 0.6 is 11.3 Å². The van der Waals surface area contributed by atoms with Crippen LogP contribution in [0.25, 0.3) is 0 Å². The van der Waals surface area contributed by atoms with E-state index in [2.05, 4.69) is 4.90 Å². The molecule has 1 aliphatic carbocycles. The molecule has 2 saturated heterocycles. The average molecular weight is 348 g/mol. The van der Waals surface area contributed by atoms with Crippen molar-refractivity contribution in [1.82, 2.24) is 4.90 Å². The van der Waals surface area contributed by atoms with Gasteiger partial charge in [-0.15, -0.1) is 0 Å². The molecule has 1 aromatic rings. The molecule has 4 rings (SSSR count). The second kappa shape index (κ2) is 5.85. The highest BCUT2D eigenvalue weighted by atomic mass is 32.1. The predicted molar refractivity (Wildman–Crippen MR) is 93.4 cm³/mol. The van der Waals surface area contributed by atoms with Crippen LogP contribution in [0.1, 0.15) is 44.9 Å². The molecule has 24 heavy (non-hydrogen) atoms. The maximum Gasteiger partial charge on any atom is 0.305 e. The number of carboxylic acids is 1. The molecule has 0 bridgehead atoms. The van der Waals surface area contributed by atoms with Crippen LogP contribution in [-0.4, -0.2) is 47.1 Å². The lowest BCUT2D eigenvalue weighted by Gasteiger charge is -2.54. The van der Waals surface area contributed by atoms with Crippen molar-refractivity contribution in [2.75, 3.05) is 24.5 Å². The molecule has 2 aliphatic heterocycles. The molecule has 3 aliphatic rings. The normalized spacial score (nSPS) is 29.8. The van der Waals surface area contributed by atoms with Crippen LogP contribution in [0.4, 0.5) is 5.69 Å². The van der Waals surface area contributed by atoms with E-state index in [4.69, 9.17) is 0 Å². The van der Waals surface area contributed by atoms with E-state index in [-0.39, 0.29) is 23.3 Å². The van der Waals surface area contributed by atoms with Crippen molar-refractivity contribution >= 4 is 28.9 Å². The predicted octanol–water partition coefficient (Wildman–Crippen LogP) is 2.96. The van der Waals surface area contributed by atoms with Crippen molar-refractivity contribution in [2.24, 2.45) is 5.41 Å². The first-order valence-corrected chi connectivity index (χ1v) is 9.80. The monoisotopic (exact) mass is 348 g/mol. The van der Waals surface area contributed by atoms with Gasteiger partial charge in [0.05, 0.1) is 17.5 Å². The number of hydrogen-bond acceptors (Lipinski definition) is 4. The average Bonchev–Trinajstić information content (AvgIpc) is 3.13. The number of amides is 1. The van der Waals surface area contributed by atoms with Gasteiger partial charge in [0.15, 0.2) is 0 Å². The van der Waals surface area contributed by atoms with E-state index in [1.165, 1.54) is 0 Å².